The molecule has 1 unspecified atom stereocenters. The normalized spacial score (nSPS) is 17.1. The van der Waals surface area contributed by atoms with Crippen LogP contribution in [0.1, 0.15) is 35.7 Å². The van der Waals surface area contributed by atoms with Crippen LogP contribution in [0.2, 0.25) is 0 Å². The van der Waals surface area contributed by atoms with Crippen molar-refractivity contribution in [3.8, 4) is 0 Å². The van der Waals surface area contributed by atoms with E-state index in [-0.39, 0.29) is 29.4 Å². The lowest BCUT2D eigenvalue weighted by Crippen LogP contribution is -2.42. The van der Waals surface area contributed by atoms with Gasteiger partial charge >= 0.3 is 0 Å². The number of halogens is 1. The highest BCUT2D eigenvalue weighted by atomic mass is 19.1. The van der Waals surface area contributed by atoms with E-state index in [1.165, 1.54) is 16.7 Å². The maximum atomic E-state index is 13.2. The number of piperidine rings is 1. The summed E-state index contributed by atoms with van der Waals surface area (Å²) in [6.07, 6.45) is 3.67. The fourth-order valence-electron chi connectivity index (χ4n) is 3.82. The Morgan fingerprint density at radius 3 is 2.79 bits per heavy atom. The predicted molar refractivity (Wildman–Crippen MR) is 106 cm³/mol. The number of fused-ring (bicyclic) bond motifs is 1. The van der Waals surface area contributed by atoms with Gasteiger partial charge in [-0.15, -0.1) is 0 Å². The van der Waals surface area contributed by atoms with Crippen molar-refractivity contribution in [3.05, 3.63) is 76.0 Å². The molecule has 1 fully saturated rings. The van der Waals surface area contributed by atoms with Crippen molar-refractivity contribution in [2.45, 2.75) is 26.3 Å². The minimum absolute atomic E-state index is 0.164. The van der Waals surface area contributed by atoms with Crippen LogP contribution in [-0.2, 0) is 6.54 Å². The van der Waals surface area contributed by atoms with Crippen molar-refractivity contribution in [3.63, 3.8) is 0 Å². The number of benzene rings is 1. The van der Waals surface area contributed by atoms with Gasteiger partial charge in [0.15, 0.2) is 0 Å². The Kier molecular flexibility index (Phi) is 4.94. The smallest absolute Gasteiger partial charge is 0.265 e. The summed E-state index contributed by atoms with van der Waals surface area (Å²) in [5, 5.41) is 0.734. The maximum Gasteiger partial charge on any atom is 0.265 e. The zero-order chi connectivity index (χ0) is 19.7. The standard InChI is InChI=1S/C22H22FN3O2/c1-15-4-3-11-25(13-15)21(27)19-12-17-5-2-10-24-20(17)26(22(19)28)14-16-6-8-18(23)9-7-16/h2,5-10,12,15H,3-4,11,13-14H2,1H3. The van der Waals surface area contributed by atoms with E-state index in [1.54, 1.807) is 35.4 Å². The molecule has 0 radical (unpaired) electrons. The number of likely N-dealkylation sites (tertiary alicyclic amines) is 1. The largest absolute Gasteiger partial charge is 0.338 e. The molecule has 1 aliphatic heterocycles. The Bertz CT molecular complexity index is 1080. The fraction of sp³-hybridized carbons (Fsp3) is 0.318. The SMILES string of the molecule is CC1CCCN(C(=O)c2cc3cccnc3n(Cc3ccc(F)cc3)c2=O)C1. The zero-order valence-corrected chi connectivity index (χ0v) is 15.8. The summed E-state index contributed by atoms with van der Waals surface area (Å²) < 4.78 is 14.7. The van der Waals surface area contributed by atoms with Crippen molar-refractivity contribution < 1.29 is 9.18 Å². The third-order valence-corrected chi connectivity index (χ3v) is 5.28. The summed E-state index contributed by atoms with van der Waals surface area (Å²) >= 11 is 0. The van der Waals surface area contributed by atoms with Crippen LogP contribution in [-0.4, -0.2) is 33.4 Å². The molecule has 1 aromatic carbocycles. The van der Waals surface area contributed by atoms with Gasteiger partial charge in [-0.2, -0.15) is 0 Å². The first-order valence-corrected chi connectivity index (χ1v) is 9.55. The first kappa shape index (κ1) is 18.3. The van der Waals surface area contributed by atoms with Crippen LogP contribution in [0.3, 0.4) is 0 Å². The van der Waals surface area contributed by atoms with E-state index in [1.807, 2.05) is 6.07 Å². The molecule has 0 bridgehead atoms. The Labute approximate surface area is 162 Å². The number of rotatable bonds is 3. The molecule has 28 heavy (non-hydrogen) atoms. The van der Waals surface area contributed by atoms with Crippen LogP contribution in [0.5, 0.6) is 0 Å². The zero-order valence-electron chi connectivity index (χ0n) is 15.8. The highest BCUT2D eigenvalue weighted by molar-refractivity contribution is 5.97. The number of nitrogens with zero attached hydrogens (tertiary/aromatic N) is 3. The highest BCUT2D eigenvalue weighted by Gasteiger charge is 2.25. The predicted octanol–water partition coefficient (Wildman–Crippen LogP) is 3.46. The van der Waals surface area contributed by atoms with E-state index >= 15 is 0 Å². The topological polar surface area (TPSA) is 55.2 Å². The summed E-state index contributed by atoms with van der Waals surface area (Å²) in [6, 6.07) is 11.3. The number of hydrogen-bond donors (Lipinski definition) is 0. The molecule has 6 heteroatoms. The molecule has 5 nitrogen and oxygen atoms in total. The van der Waals surface area contributed by atoms with Gasteiger partial charge in [0.05, 0.1) is 6.54 Å². The van der Waals surface area contributed by atoms with Gasteiger partial charge in [0.1, 0.15) is 17.0 Å². The molecular formula is C22H22FN3O2. The van der Waals surface area contributed by atoms with Crippen molar-refractivity contribution in [2.24, 2.45) is 5.92 Å². The van der Waals surface area contributed by atoms with Gasteiger partial charge in [0.2, 0.25) is 0 Å². The Morgan fingerprint density at radius 1 is 1.25 bits per heavy atom. The van der Waals surface area contributed by atoms with Crippen molar-refractivity contribution in [1.82, 2.24) is 14.5 Å². The number of pyridine rings is 2. The molecule has 0 N–H and O–H groups in total. The van der Waals surface area contributed by atoms with Crippen LogP contribution in [0.15, 0.2) is 53.5 Å². The lowest BCUT2D eigenvalue weighted by molar-refractivity contribution is 0.0681. The van der Waals surface area contributed by atoms with Gasteiger partial charge in [0.25, 0.3) is 11.5 Å². The van der Waals surface area contributed by atoms with Gasteiger partial charge < -0.3 is 4.90 Å². The van der Waals surface area contributed by atoms with Crippen molar-refractivity contribution >= 4 is 16.9 Å². The molecule has 1 amide bonds. The van der Waals surface area contributed by atoms with Crippen LogP contribution in [0.25, 0.3) is 11.0 Å². The second kappa shape index (κ2) is 7.54. The van der Waals surface area contributed by atoms with Crippen molar-refractivity contribution in [1.29, 1.82) is 0 Å². The van der Waals surface area contributed by atoms with E-state index in [0.717, 1.165) is 23.8 Å². The number of carbonyl (C=O) groups is 1. The van der Waals surface area contributed by atoms with Crippen LogP contribution < -0.4 is 5.56 Å². The minimum Gasteiger partial charge on any atom is -0.338 e. The van der Waals surface area contributed by atoms with E-state index in [9.17, 15) is 14.0 Å². The summed E-state index contributed by atoms with van der Waals surface area (Å²) in [4.78, 5) is 32.4. The summed E-state index contributed by atoms with van der Waals surface area (Å²) in [5.41, 5.74) is 1.09. The Balaban J connectivity index is 1.79. The second-order valence-electron chi connectivity index (χ2n) is 7.49. The summed E-state index contributed by atoms with van der Waals surface area (Å²) in [5.74, 6) is -0.126. The van der Waals surface area contributed by atoms with Gasteiger partial charge in [0, 0.05) is 24.7 Å². The van der Waals surface area contributed by atoms with E-state index in [4.69, 9.17) is 0 Å². The number of carbonyl (C=O) groups excluding carboxylic acids is 1. The number of aromatic nitrogens is 2. The van der Waals surface area contributed by atoms with Gasteiger partial charge in [-0.25, -0.2) is 9.37 Å². The quantitative estimate of drug-likeness (QED) is 0.700. The molecular weight excluding hydrogens is 357 g/mol. The van der Waals surface area contributed by atoms with Crippen LogP contribution >= 0.6 is 0 Å². The van der Waals surface area contributed by atoms with Gasteiger partial charge in [-0.3, -0.25) is 14.2 Å². The fourth-order valence-corrected chi connectivity index (χ4v) is 3.82. The first-order chi connectivity index (χ1) is 13.5. The third-order valence-electron chi connectivity index (χ3n) is 5.28. The Hall–Kier alpha value is -3.02. The number of amides is 1. The lowest BCUT2D eigenvalue weighted by Gasteiger charge is -2.31. The highest BCUT2D eigenvalue weighted by Crippen LogP contribution is 2.19. The molecule has 1 aliphatic rings. The molecule has 4 rings (SSSR count). The lowest BCUT2D eigenvalue weighted by atomic mass is 9.99. The average molecular weight is 379 g/mol. The summed E-state index contributed by atoms with van der Waals surface area (Å²) in [7, 11) is 0. The second-order valence-corrected chi connectivity index (χ2v) is 7.49. The third kappa shape index (κ3) is 3.54. The molecule has 0 aliphatic carbocycles. The van der Waals surface area contributed by atoms with E-state index < -0.39 is 0 Å². The maximum absolute atomic E-state index is 13.2. The van der Waals surface area contributed by atoms with Crippen LogP contribution in [0, 0.1) is 11.7 Å². The van der Waals surface area contributed by atoms with E-state index in [2.05, 4.69) is 11.9 Å². The monoisotopic (exact) mass is 379 g/mol. The average Bonchev–Trinajstić information content (AvgIpc) is 2.71. The molecule has 0 saturated carbocycles. The molecule has 1 atom stereocenters. The Morgan fingerprint density at radius 2 is 2.04 bits per heavy atom. The molecule has 3 aromatic rings. The molecule has 3 heterocycles. The first-order valence-electron chi connectivity index (χ1n) is 9.55. The molecule has 144 valence electrons. The molecule has 1 saturated heterocycles. The minimum atomic E-state index is -0.362. The van der Waals surface area contributed by atoms with Crippen molar-refractivity contribution in [2.75, 3.05) is 13.1 Å². The van der Waals surface area contributed by atoms with Crippen LogP contribution in [0.4, 0.5) is 4.39 Å². The summed E-state index contributed by atoms with van der Waals surface area (Å²) in [6.45, 7) is 3.69. The van der Waals surface area contributed by atoms with E-state index in [0.29, 0.717) is 24.7 Å². The van der Waals surface area contributed by atoms with Gasteiger partial charge in [-0.05, 0) is 54.7 Å². The number of hydrogen-bond acceptors (Lipinski definition) is 3. The molecule has 2 aromatic heterocycles. The molecule has 0 spiro atoms. The van der Waals surface area contributed by atoms with Gasteiger partial charge in [-0.1, -0.05) is 19.1 Å².